The zero-order valence-electron chi connectivity index (χ0n) is 15.0. The lowest BCUT2D eigenvalue weighted by atomic mass is 10.2. The number of hydrogen-bond donors (Lipinski definition) is 3. The lowest BCUT2D eigenvalue weighted by Crippen LogP contribution is -2.18. The highest BCUT2D eigenvalue weighted by Crippen LogP contribution is 2.28. The van der Waals surface area contributed by atoms with Gasteiger partial charge < -0.3 is 15.6 Å². The molecule has 0 saturated carbocycles. The minimum atomic E-state index is -4.41. The minimum absolute atomic E-state index is 0.0246. The van der Waals surface area contributed by atoms with Gasteiger partial charge in [0.25, 0.3) is 0 Å². The van der Waals surface area contributed by atoms with Crippen LogP contribution in [0.25, 0.3) is 10.9 Å². The van der Waals surface area contributed by atoms with Gasteiger partial charge in [-0.05, 0) is 48.4 Å². The van der Waals surface area contributed by atoms with Crippen molar-refractivity contribution in [3.05, 3.63) is 54.2 Å². The topological polar surface area (TPSA) is 103 Å². The van der Waals surface area contributed by atoms with Gasteiger partial charge in [-0.1, -0.05) is 12.0 Å². The summed E-state index contributed by atoms with van der Waals surface area (Å²) in [6, 6.07) is 12.0. The number of aromatic nitrogens is 1. The fourth-order valence-corrected chi connectivity index (χ4v) is 3.32. The van der Waals surface area contributed by atoms with Crippen LogP contribution >= 0.6 is 0 Å². The van der Waals surface area contributed by atoms with E-state index in [-0.39, 0.29) is 17.1 Å². The number of primary sulfonamides is 1. The average Bonchev–Trinajstić information content (AvgIpc) is 2.96. The van der Waals surface area contributed by atoms with Crippen LogP contribution in [0.3, 0.4) is 0 Å². The number of nitrogen functional groups attached to an aromatic ring is 1. The number of nitrogens with two attached hydrogens (primary N) is 2. The number of anilines is 2. The highest BCUT2D eigenvalue weighted by molar-refractivity contribution is 7.89. The summed E-state index contributed by atoms with van der Waals surface area (Å²) in [5, 5.41) is 8.48. The van der Waals surface area contributed by atoms with Crippen molar-refractivity contribution in [3.63, 3.8) is 0 Å². The molecule has 0 aliphatic heterocycles. The van der Waals surface area contributed by atoms with Gasteiger partial charge in [-0.2, -0.15) is 13.2 Å². The molecule has 0 amide bonds. The smallest absolute Gasteiger partial charge is 0.398 e. The Kier molecular flexibility index (Phi) is 5.46. The number of hydrogen-bond acceptors (Lipinski definition) is 4. The second-order valence-corrected chi connectivity index (χ2v) is 7.80. The first kappa shape index (κ1) is 20.6. The molecule has 2 aromatic carbocycles. The molecule has 3 rings (SSSR count). The second-order valence-electron chi connectivity index (χ2n) is 6.24. The van der Waals surface area contributed by atoms with Crippen molar-refractivity contribution in [2.24, 2.45) is 5.14 Å². The third-order valence-electron chi connectivity index (χ3n) is 4.10. The van der Waals surface area contributed by atoms with E-state index in [0.29, 0.717) is 22.3 Å². The van der Waals surface area contributed by atoms with Crippen molar-refractivity contribution in [2.75, 3.05) is 17.6 Å². The van der Waals surface area contributed by atoms with E-state index in [4.69, 9.17) is 10.9 Å². The Morgan fingerprint density at radius 1 is 1.10 bits per heavy atom. The number of benzene rings is 2. The molecule has 0 radical (unpaired) electrons. The van der Waals surface area contributed by atoms with Crippen LogP contribution in [0.1, 0.15) is 5.69 Å². The molecular formula is C19H17F3N4O2S. The van der Waals surface area contributed by atoms with Gasteiger partial charge in [0.05, 0.1) is 22.7 Å². The molecule has 29 heavy (non-hydrogen) atoms. The molecule has 0 spiro atoms. The predicted molar refractivity (Wildman–Crippen MR) is 106 cm³/mol. The summed E-state index contributed by atoms with van der Waals surface area (Å²) < 4.78 is 62.5. The Morgan fingerprint density at radius 3 is 2.41 bits per heavy atom. The standard InChI is InChI=1S/C19H17F3N4O2S/c20-19(21,22)12-26-14(11-16-17(23)4-1-5-18(16)26)3-2-10-25-13-6-8-15(9-7-13)29(24,27)28/h1,4-9,11,25H,10,12,23H2,(H2,24,27,28). The van der Waals surface area contributed by atoms with Gasteiger partial charge in [0.1, 0.15) is 6.54 Å². The van der Waals surface area contributed by atoms with Crippen LogP contribution in [-0.4, -0.2) is 25.7 Å². The fourth-order valence-electron chi connectivity index (χ4n) is 2.80. The Labute approximate surface area is 165 Å². The van der Waals surface area contributed by atoms with Crippen LogP contribution in [-0.2, 0) is 16.6 Å². The zero-order chi connectivity index (χ0) is 21.2. The van der Waals surface area contributed by atoms with Crippen LogP contribution in [0.5, 0.6) is 0 Å². The molecule has 0 atom stereocenters. The molecule has 3 aromatic rings. The van der Waals surface area contributed by atoms with Crippen molar-refractivity contribution in [1.29, 1.82) is 0 Å². The predicted octanol–water partition coefficient (Wildman–Crippen LogP) is 2.90. The Hall–Kier alpha value is -3.16. The first-order valence-corrected chi connectivity index (χ1v) is 9.89. The van der Waals surface area contributed by atoms with E-state index < -0.39 is 22.7 Å². The summed E-state index contributed by atoms with van der Waals surface area (Å²) in [4.78, 5) is -0.0246. The number of nitrogens with one attached hydrogen (secondary N) is 1. The number of nitrogens with zero attached hydrogens (tertiary/aromatic N) is 1. The zero-order valence-corrected chi connectivity index (χ0v) is 15.8. The summed E-state index contributed by atoms with van der Waals surface area (Å²) >= 11 is 0. The first-order valence-electron chi connectivity index (χ1n) is 8.35. The number of alkyl halides is 3. The molecule has 5 N–H and O–H groups in total. The van der Waals surface area contributed by atoms with Gasteiger partial charge in [0, 0.05) is 16.8 Å². The Bertz CT molecular complexity index is 1200. The summed E-state index contributed by atoms with van der Waals surface area (Å²) in [5.74, 6) is 5.51. The van der Waals surface area contributed by atoms with Crippen molar-refractivity contribution in [1.82, 2.24) is 4.57 Å². The van der Waals surface area contributed by atoms with E-state index in [9.17, 15) is 21.6 Å². The number of halogens is 3. The molecule has 0 fully saturated rings. The van der Waals surface area contributed by atoms with Gasteiger partial charge in [-0.15, -0.1) is 0 Å². The monoisotopic (exact) mass is 422 g/mol. The maximum Gasteiger partial charge on any atom is 0.406 e. The molecule has 0 saturated heterocycles. The van der Waals surface area contributed by atoms with Crippen LogP contribution in [0, 0.1) is 11.8 Å². The van der Waals surface area contributed by atoms with Crippen LogP contribution in [0.4, 0.5) is 24.5 Å². The number of rotatable bonds is 4. The second kappa shape index (κ2) is 7.69. The highest BCUT2D eigenvalue weighted by Gasteiger charge is 2.29. The number of fused-ring (bicyclic) bond motifs is 1. The van der Waals surface area contributed by atoms with Crippen molar-refractivity contribution >= 4 is 32.3 Å². The maximum absolute atomic E-state index is 13.0. The SMILES string of the molecule is Nc1cccc2c1cc(C#CCNc1ccc(S(N)(=O)=O)cc1)n2CC(F)(F)F. The van der Waals surface area contributed by atoms with Gasteiger partial charge in [0.15, 0.2) is 0 Å². The van der Waals surface area contributed by atoms with E-state index in [1.165, 1.54) is 30.3 Å². The molecule has 1 aromatic heterocycles. The molecule has 0 aliphatic carbocycles. The quantitative estimate of drug-likeness (QED) is 0.444. The minimum Gasteiger partial charge on any atom is -0.398 e. The highest BCUT2D eigenvalue weighted by atomic mass is 32.2. The normalized spacial score (nSPS) is 11.9. The third kappa shape index (κ3) is 5.01. The van der Waals surface area contributed by atoms with Gasteiger partial charge >= 0.3 is 6.18 Å². The summed E-state index contributed by atoms with van der Waals surface area (Å²) in [5.41, 5.74) is 7.39. The lowest BCUT2D eigenvalue weighted by molar-refractivity contribution is -0.140. The van der Waals surface area contributed by atoms with E-state index in [1.54, 1.807) is 18.2 Å². The molecule has 152 valence electrons. The van der Waals surface area contributed by atoms with Crippen LogP contribution in [0.2, 0.25) is 0 Å². The molecule has 6 nitrogen and oxygen atoms in total. The first-order chi connectivity index (χ1) is 13.5. The fraction of sp³-hybridized carbons (Fsp3) is 0.158. The van der Waals surface area contributed by atoms with E-state index in [1.807, 2.05) is 0 Å². The molecule has 0 unspecified atom stereocenters. The van der Waals surface area contributed by atoms with E-state index >= 15 is 0 Å². The molecular weight excluding hydrogens is 405 g/mol. The van der Waals surface area contributed by atoms with Crippen LogP contribution in [0.15, 0.2) is 53.4 Å². The van der Waals surface area contributed by atoms with Gasteiger partial charge in [-0.25, -0.2) is 13.6 Å². The van der Waals surface area contributed by atoms with Crippen molar-refractivity contribution in [2.45, 2.75) is 17.6 Å². The summed E-state index contributed by atoms with van der Waals surface area (Å²) in [7, 11) is -3.78. The molecule has 10 heteroatoms. The summed E-state index contributed by atoms with van der Waals surface area (Å²) in [6.45, 7) is -1.04. The van der Waals surface area contributed by atoms with Crippen LogP contribution < -0.4 is 16.2 Å². The Balaban J connectivity index is 1.81. The molecule has 0 aliphatic rings. The average molecular weight is 422 g/mol. The lowest BCUT2D eigenvalue weighted by Gasteiger charge is -2.11. The summed E-state index contributed by atoms with van der Waals surface area (Å²) in [6.07, 6.45) is -4.41. The molecule has 0 bridgehead atoms. The number of sulfonamides is 1. The van der Waals surface area contributed by atoms with Crippen molar-refractivity contribution < 1.29 is 21.6 Å². The van der Waals surface area contributed by atoms with E-state index in [0.717, 1.165) is 4.57 Å². The third-order valence-corrected chi connectivity index (χ3v) is 5.03. The maximum atomic E-state index is 13.0. The Morgan fingerprint density at radius 2 is 1.79 bits per heavy atom. The van der Waals surface area contributed by atoms with E-state index in [2.05, 4.69) is 17.2 Å². The van der Waals surface area contributed by atoms with Gasteiger partial charge in [-0.3, -0.25) is 0 Å². The van der Waals surface area contributed by atoms with Gasteiger partial charge in [0.2, 0.25) is 10.0 Å². The van der Waals surface area contributed by atoms with Crippen molar-refractivity contribution in [3.8, 4) is 11.8 Å². The largest absolute Gasteiger partial charge is 0.406 e. The molecule has 1 heterocycles.